The van der Waals surface area contributed by atoms with Crippen LogP contribution in [-0.2, 0) is 10.0 Å². The summed E-state index contributed by atoms with van der Waals surface area (Å²) in [6.07, 6.45) is 7.49. The number of imidazole rings is 1. The summed E-state index contributed by atoms with van der Waals surface area (Å²) in [5.41, 5.74) is 2.65. The van der Waals surface area contributed by atoms with Crippen molar-refractivity contribution in [1.29, 1.82) is 0 Å². The van der Waals surface area contributed by atoms with Gasteiger partial charge in [-0.3, -0.25) is 4.79 Å². The molecule has 0 bridgehead atoms. The maximum Gasteiger partial charge on any atom is 0.254 e. The van der Waals surface area contributed by atoms with Gasteiger partial charge in [0, 0.05) is 55.9 Å². The van der Waals surface area contributed by atoms with Gasteiger partial charge in [0.05, 0.1) is 11.3 Å². The first-order valence-corrected chi connectivity index (χ1v) is 17.2. The summed E-state index contributed by atoms with van der Waals surface area (Å²) in [5, 5.41) is 0. The summed E-state index contributed by atoms with van der Waals surface area (Å²) in [4.78, 5) is 22.0. The largest absolute Gasteiger partial charge is 0.336 e. The second kappa shape index (κ2) is 11.9. The Balaban J connectivity index is 1.22. The molecule has 11 heteroatoms. The van der Waals surface area contributed by atoms with Crippen LogP contribution >= 0.6 is 0 Å². The topological polar surface area (TPSA) is 87.0 Å². The molecule has 0 spiro atoms. The molecule has 1 aromatic carbocycles. The van der Waals surface area contributed by atoms with Gasteiger partial charge in [-0.2, -0.15) is 4.39 Å². The molecule has 4 heterocycles. The molecule has 1 aliphatic carbocycles. The number of nitrogens with one attached hydrogen (secondary N) is 1. The van der Waals surface area contributed by atoms with E-state index in [2.05, 4.69) is 14.6 Å². The third-order valence-electron chi connectivity index (χ3n) is 9.72. The van der Waals surface area contributed by atoms with Gasteiger partial charge in [-0.05, 0) is 94.5 Å². The van der Waals surface area contributed by atoms with E-state index in [0.717, 1.165) is 63.7 Å². The Morgan fingerprint density at radius 1 is 1.07 bits per heavy atom. The summed E-state index contributed by atoms with van der Waals surface area (Å²) in [6.45, 7) is 8.75. The summed E-state index contributed by atoms with van der Waals surface area (Å²) >= 11 is 0. The third-order valence-corrected chi connectivity index (χ3v) is 11.2. The van der Waals surface area contributed by atoms with Gasteiger partial charge in [0.25, 0.3) is 5.91 Å². The highest BCUT2D eigenvalue weighted by atomic mass is 32.2. The minimum Gasteiger partial charge on any atom is -0.336 e. The van der Waals surface area contributed by atoms with Gasteiger partial charge in [-0.15, -0.1) is 0 Å². The lowest BCUT2D eigenvalue weighted by atomic mass is 9.84. The normalized spacial score (nSPS) is 23.7. The number of aryl methyl sites for hydroxylation is 1. The number of amides is 1. The van der Waals surface area contributed by atoms with Crippen molar-refractivity contribution >= 4 is 21.4 Å². The molecule has 1 N–H and O–H groups in total. The first-order chi connectivity index (χ1) is 20.5. The van der Waals surface area contributed by atoms with Gasteiger partial charge in [0.2, 0.25) is 16.0 Å². The highest BCUT2D eigenvalue weighted by Crippen LogP contribution is 2.38. The summed E-state index contributed by atoms with van der Waals surface area (Å²) in [6, 6.07) is 6.27. The van der Waals surface area contributed by atoms with Crippen molar-refractivity contribution in [3.63, 3.8) is 0 Å². The minimum atomic E-state index is -3.18. The lowest BCUT2D eigenvalue weighted by Crippen LogP contribution is -2.48. The Bertz CT molecular complexity index is 1630. The van der Waals surface area contributed by atoms with Crippen molar-refractivity contribution in [2.24, 2.45) is 5.92 Å². The van der Waals surface area contributed by atoms with E-state index in [1.165, 1.54) is 12.1 Å². The Morgan fingerprint density at radius 2 is 1.81 bits per heavy atom. The number of sulfonamides is 1. The molecule has 232 valence electrons. The maximum absolute atomic E-state index is 15.3. The molecule has 8 nitrogen and oxygen atoms in total. The van der Waals surface area contributed by atoms with Crippen LogP contribution in [0.5, 0.6) is 0 Å². The quantitative estimate of drug-likeness (QED) is 0.382. The van der Waals surface area contributed by atoms with Gasteiger partial charge in [0.1, 0.15) is 17.2 Å². The zero-order valence-corrected chi connectivity index (χ0v) is 26.0. The summed E-state index contributed by atoms with van der Waals surface area (Å²) < 4.78 is 58.2. The fraction of sp³-hybridized carbons (Fsp3) is 0.562. The van der Waals surface area contributed by atoms with Crippen LogP contribution in [0.15, 0.2) is 30.5 Å². The van der Waals surface area contributed by atoms with E-state index >= 15 is 4.39 Å². The van der Waals surface area contributed by atoms with Crippen LogP contribution in [0.25, 0.3) is 16.6 Å². The van der Waals surface area contributed by atoms with Crippen LogP contribution < -0.4 is 4.72 Å². The van der Waals surface area contributed by atoms with Crippen molar-refractivity contribution in [3.8, 4) is 11.1 Å². The van der Waals surface area contributed by atoms with Gasteiger partial charge in [-0.1, -0.05) is 6.07 Å². The average molecular weight is 614 g/mol. The molecule has 1 amide bonds. The average Bonchev–Trinajstić information content (AvgIpc) is 3.52. The van der Waals surface area contributed by atoms with Crippen LogP contribution in [0.2, 0.25) is 0 Å². The Morgan fingerprint density at radius 3 is 2.49 bits per heavy atom. The summed E-state index contributed by atoms with van der Waals surface area (Å²) in [5.74, 6) is 0.0614. The van der Waals surface area contributed by atoms with E-state index in [0.29, 0.717) is 34.9 Å². The van der Waals surface area contributed by atoms with Crippen LogP contribution in [-0.4, -0.2) is 77.5 Å². The molecule has 2 aliphatic heterocycles. The molecule has 6 rings (SSSR count). The Hall–Kier alpha value is -2.89. The van der Waals surface area contributed by atoms with E-state index in [1.807, 2.05) is 19.2 Å². The predicted octanol–water partition coefficient (Wildman–Crippen LogP) is 5.11. The number of hydrogen-bond acceptors (Lipinski definition) is 5. The van der Waals surface area contributed by atoms with Gasteiger partial charge in [-0.25, -0.2) is 22.5 Å². The lowest BCUT2D eigenvalue weighted by Gasteiger charge is -2.42. The van der Waals surface area contributed by atoms with Crippen molar-refractivity contribution in [2.45, 2.75) is 77.3 Å². The fourth-order valence-corrected chi connectivity index (χ4v) is 8.08. The molecule has 0 radical (unpaired) electrons. The number of halogens is 2. The van der Waals surface area contributed by atoms with Crippen LogP contribution in [0.1, 0.15) is 80.0 Å². The lowest BCUT2D eigenvalue weighted by molar-refractivity contribution is 0.0747. The SMILES string of the molecule is CCS(=O)(=O)NC1CCC(CN2CC(c3cc(-c4ccc(F)cc4C(=O)N4CCC[C@H]4C)c4c(F)nc(C)n4c3)C2)CC1. The fourth-order valence-electron chi connectivity index (χ4n) is 7.17. The van der Waals surface area contributed by atoms with Crippen molar-refractivity contribution in [2.75, 3.05) is 31.9 Å². The monoisotopic (exact) mass is 613 g/mol. The minimum absolute atomic E-state index is 0.0335. The van der Waals surface area contributed by atoms with E-state index in [-0.39, 0.29) is 35.2 Å². The molecule has 3 fully saturated rings. The van der Waals surface area contributed by atoms with E-state index in [4.69, 9.17) is 0 Å². The predicted molar refractivity (Wildman–Crippen MR) is 163 cm³/mol. The molecule has 3 aliphatic rings. The maximum atomic E-state index is 15.3. The molecular weight excluding hydrogens is 572 g/mol. The third kappa shape index (κ3) is 6.08. The smallest absolute Gasteiger partial charge is 0.254 e. The number of likely N-dealkylation sites (tertiary alicyclic amines) is 2. The first kappa shape index (κ1) is 30.1. The van der Waals surface area contributed by atoms with Crippen LogP contribution in [0.3, 0.4) is 0 Å². The van der Waals surface area contributed by atoms with E-state index in [9.17, 15) is 17.6 Å². The molecule has 1 saturated carbocycles. The van der Waals surface area contributed by atoms with Crippen molar-refractivity contribution in [3.05, 3.63) is 59.2 Å². The number of benzene rings is 1. The molecule has 1 atom stereocenters. The van der Waals surface area contributed by atoms with Gasteiger partial charge in [0.15, 0.2) is 0 Å². The molecule has 43 heavy (non-hydrogen) atoms. The second-order valence-electron chi connectivity index (χ2n) is 12.7. The highest BCUT2D eigenvalue weighted by molar-refractivity contribution is 7.89. The van der Waals surface area contributed by atoms with Crippen LogP contribution in [0.4, 0.5) is 8.78 Å². The zero-order chi connectivity index (χ0) is 30.5. The van der Waals surface area contributed by atoms with Gasteiger partial charge < -0.3 is 14.2 Å². The molecule has 0 unspecified atom stereocenters. The van der Waals surface area contributed by atoms with E-state index < -0.39 is 21.8 Å². The number of fused-ring (bicyclic) bond motifs is 1. The number of carbonyl (C=O) groups is 1. The molecular formula is C32H41F2N5O3S. The first-order valence-electron chi connectivity index (χ1n) is 15.5. The van der Waals surface area contributed by atoms with Crippen molar-refractivity contribution in [1.82, 2.24) is 23.9 Å². The standard InChI is InChI=1S/C32H41F2N5O3S/c1-4-43(41,42)36-26-10-7-22(8-11-26)16-37-17-24(18-37)23-14-28(30-31(34)35-21(3)39(30)19-23)27-12-9-25(33)15-29(27)32(40)38-13-5-6-20(38)2/h9,12,14-15,19-20,22,24,26,36H,4-8,10-11,13,16-18H2,1-3H3/t20-,22?,26?/m1/s1. The van der Waals surface area contributed by atoms with Crippen molar-refractivity contribution < 1.29 is 22.0 Å². The number of rotatable bonds is 8. The molecule has 3 aromatic rings. The Labute approximate surface area is 252 Å². The molecule has 2 saturated heterocycles. The van der Waals surface area contributed by atoms with Crippen LogP contribution in [0, 0.1) is 24.6 Å². The zero-order valence-electron chi connectivity index (χ0n) is 25.2. The highest BCUT2D eigenvalue weighted by Gasteiger charge is 2.34. The Kier molecular flexibility index (Phi) is 8.34. The number of nitrogens with zero attached hydrogens (tertiary/aromatic N) is 4. The number of pyridine rings is 1. The number of hydrogen-bond donors (Lipinski definition) is 1. The second-order valence-corrected chi connectivity index (χ2v) is 14.7. The van der Waals surface area contributed by atoms with Gasteiger partial charge >= 0.3 is 0 Å². The molecule has 2 aromatic heterocycles. The summed E-state index contributed by atoms with van der Waals surface area (Å²) in [7, 11) is -3.18. The number of aromatic nitrogens is 2. The number of carbonyl (C=O) groups excluding carboxylic acids is 1. The van der Waals surface area contributed by atoms with E-state index in [1.54, 1.807) is 29.2 Å².